The molecule has 2 aliphatic rings. The molecule has 5 nitrogen and oxygen atoms in total. The number of carbonyl (C=O) groups excluding carboxylic acids is 2. The molecule has 0 atom stereocenters. The zero-order chi connectivity index (χ0) is 18.8. The lowest BCUT2D eigenvalue weighted by Gasteiger charge is -2.23. The van der Waals surface area contributed by atoms with E-state index in [1.807, 2.05) is 59.2 Å². The lowest BCUT2D eigenvalue weighted by atomic mass is 10.1. The summed E-state index contributed by atoms with van der Waals surface area (Å²) in [6, 6.07) is 13.3. The summed E-state index contributed by atoms with van der Waals surface area (Å²) in [6.45, 7) is 5.11. The van der Waals surface area contributed by atoms with Gasteiger partial charge < -0.3 is 14.5 Å². The third-order valence-electron chi connectivity index (χ3n) is 5.38. The second-order valence-corrected chi connectivity index (χ2v) is 7.17. The maximum Gasteiger partial charge on any atom is 0.254 e. The fraction of sp³-hybridized carbons (Fsp3) is 0.364. The second kappa shape index (κ2) is 7.43. The van der Waals surface area contributed by atoms with Crippen molar-refractivity contribution >= 4 is 11.8 Å². The molecule has 140 valence electrons. The molecular weight excluding hydrogens is 340 g/mol. The molecule has 2 aromatic rings. The van der Waals surface area contributed by atoms with Crippen LogP contribution in [0.15, 0.2) is 42.5 Å². The Balaban J connectivity index is 1.45. The van der Waals surface area contributed by atoms with Crippen LogP contribution in [0.2, 0.25) is 0 Å². The van der Waals surface area contributed by atoms with Crippen molar-refractivity contribution in [3.05, 3.63) is 64.7 Å². The number of aryl methyl sites for hydroxylation is 1. The maximum atomic E-state index is 12.9. The first-order valence-electron chi connectivity index (χ1n) is 9.53. The lowest BCUT2D eigenvalue weighted by Crippen LogP contribution is -2.37. The maximum absolute atomic E-state index is 12.9. The molecule has 27 heavy (non-hydrogen) atoms. The summed E-state index contributed by atoms with van der Waals surface area (Å²) in [5.41, 5.74) is 3.54. The summed E-state index contributed by atoms with van der Waals surface area (Å²) in [4.78, 5) is 29.5. The van der Waals surface area contributed by atoms with E-state index in [0.717, 1.165) is 35.3 Å². The molecule has 0 N–H and O–H groups in total. The number of nitrogens with zero attached hydrogens (tertiary/aromatic N) is 2. The van der Waals surface area contributed by atoms with E-state index in [0.29, 0.717) is 38.3 Å². The molecule has 5 heteroatoms. The highest BCUT2D eigenvalue weighted by atomic mass is 16.5. The summed E-state index contributed by atoms with van der Waals surface area (Å²) >= 11 is 0. The van der Waals surface area contributed by atoms with Gasteiger partial charge in [0.15, 0.2) is 0 Å². The molecular formula is C22H24N2O3. The van der Waals surface area contributed by atoms with Gasteiger partial charge in [-0.25, -0.2) is 0 Å². The molecule has 0 aromatic heterocycles. The van der Waals surface area contributed by atoms with Crippen molar-refractivity contribution in [3.8, 4) is 5.75 Å². The van der Waals surface area contributed by atoms with Crippen molar-refractivity contribution in [1.29, 1.82) is 0 Å². The van der Waals surface area contributed by atoms with Gasteiger partial charge in [0, 0.05) is 43.7 Å². The largest absolute Gasteiger partial charge is 0.493 e. The van der Waals surface area contributed by atoms with Crippen molar-refractivity contribution in [2.24, 2.45) is 0 Å². The van der Waals surface area contributed by atoms with Crippen LogP contribution in [0.4, 0.5) is 0 Å². The Hall–Kier alpha value is -2.82. The Bertz CT molecular complexity index is 878. The molecule has 0 spiro atoms. The van der Waals surface area contributed by atoms with E-state index in [9.17, 15) is 9.59 Å². The van der Waals surface area contributed by atoms with Gasteiger partial charge in [-0.2, -0.15) is 0 Å². The van der Waals surface area contributed by atoms with Gasteiger partial charge in [0.25, 0.3) is 11.8 Å². The van der Waals surface area contributed by atoms with Crippen LogP contribution in [0.5, 0.6) is 5.75 Å². The summed E-state index contributed by atoms with van der Waals surface area (Å²) in [6.07, 6.45) is 1.65. The quantitative estimate of drug-likeness (QED) is 0.823. The van der Waals surface area contributed by atoms with Gasteiger partial charge in [0.1, 0.15) is 5.75 Å². The van der Waals surface area contributed by atoms with Crippen LogP contribution in [-0.2, 0) is 6.42 Å². The number of hydrogen-bond acceptors (Lipinski definition) is 3. The molecule has 0 saturated carbocycles. The van der Waals surface area contributed by atoms with Gasteiger partial charge >= 0.3 is 0 Å². The molecule has 0 aliphatic carbocycles. The number of carbonyl (C=O) groups is 2. The number of ether oxygens (including phenoxy) is 1. The molecule has 2 aromatic carbocycles. The Morgan fingerprint density at radius 2 is 1.67 bits per heavy atom. The van der Waals surface area contributed by atoms with Gasteiger partial charge in [-0.15, -0.1) is 0 Å². The average molecular weight is 364 g/mol. The fourth-order valence-corrected chi connectivity index (χ4v) is 3.81. The molecule has 1 saturated heterocycles. The molecule has 0 bridgehead atoms. The van der Waals surface area contributed by atoms with Gasteiger partial charge in [-0.1, -0.05) is 18.2 Å². The van der Waals surface area contributed by atoms with Gasteiger partial charge in [0.2, 0.25) is 0 Å². The summed E-state index contributed by atoms with van der Waals surface area (Å²) in [5, 5.41) is 0. The van der Waals surface area contributed by atoms with Crippen molar-refractivity contribution in [2.75, 3.05) is 32.8 Å². The van der Waals surface area contributed by atoms with E-state index in [-0.39, 0.29) is 11.8 Å². The fourth-order valence-electron chi connectivity index (χ4n) is 3.81. The summed E-state index contributed by atoms with van der Waals surface area (Å²) < 4.78 is 5.52. The third kappa shape index (κ3) is 3.54. The number of rotatable bonds is 2. The minimum Gasteiger partial charge on any atom is -0.493 e. The van der Waals surface area contributed by atoms with Crippen LogP contribution >= 0.6 is 0 Å². The van der Waals surface area contributed by atoms with E-state index in [2.05, 4.69) is 0 Å². The molecule has 2 aliphatic heterocycles. The van der Waals surface area contributed by atoms with Crippen molar-refractivity contribution < 1.29 is 14.3 Å². The van der Waals surface area contributed by atoms with Gasteiger partial charge in [-0.3, -0.25) is 9.59 Å². The summed E-state index contributed by atoms with van der Waals surface area (Å²) in [5.74, 6) is 0.976. The average Bonchev–Trinajstić information content (AvgIpc) is 3.02. The van der Waals surface area contributed by atoms with E-state index in [1.165, 1.54) is 0 Å². The van der Waals surface area contributed by atoms with Crippen LogP contribution in [0.1, 0.15) is 38.3 Å². The predicted octanol–water partition coefficient (Wildman–Crippen LogP) is 2.92. The Morgan fingerprint density at radius 3 is 2.44 bits per heavy atom. The zero-order valence-corrected chi connectivity index (χ0v) is 15.6. The highest BCUT2D eigenvalue weighted by Crippen LogP contribution is 2.26. The Labute approximate surface area is 159 Å². The molecule has 0 radical (unpaired) electrons. The van der Waals surface area contributed by atoms with Crippen LogP contribution < -0.4 is 4.74 Å². The normalized spacial score (nSPS) is 16.5. The topological polar surface area (TPSA) is 49.9 Å². The Morgan fingerprint density at radius 1 is 0.926 bits per heavy atom. The minimum atomic E-state index is 0.0369. The number of benzene rings is 2. The molecule has 2 heterocycles. The van der Waals surface area contributed by atoms with E-state index < -0.39 is 0 Å². The van der Waals surface area contributed by atoms with Crippen molar-refractivity contribution in [2.45, 2.75) is 19.8 Å². The smallest absolute Gasteiger partial charge is 0.254 e. The molecule has 2 amide bonds. The van der Waals surface area contributed by atoms with E-state index in [4.69, 9.17) is 4.74 Å². The van der Waals surface area contributed by atoms with Crippen molar-refractivity contribution in [1.82, 2.24) is 9.80 Å². The lowest BCUT2D eigenvalue weighted by molar-refractivity contribution is 0.0718. The Kier molecular flexibility index (Phi) is 4.84. The first kappa shape index (κ1) is 17.6. The molecule has 1 fully saturated rings. The summed E-state index contributed by atoms with van der Waals surface area (Å²) in [7, 11) is 0. The SMILES string of the molecule is Cc1ccccc1C(=O)N1CCCN(C(=O)c2ccc3c(c2)CCO3)CC1. The monoisotopic (exact) mass is 364 g/mol. The molecule has 0 unspecified atom stereocenters. The second-order valence-electron chi connectivity index (χ2n) is 7.17. The van der Waals surface area contributed by atoms with Gasteiger partial charge in [0.05, 0.1) is 6.61 Å². The standard InChI is InChI=1S/C22H24N2O3/c1-16-5-2-3-6-19(16)22(26)24-11-4-10-23(12-13-24)21(25)18-7-8-20-17(15-18)9-14-27-20/h2-3,5-8,15H,4,9-14H2,1H3. The number of fused-ring (bicyclic) bond motifs is 1. The van der Waals surface area contributed by atoms with Gasteiger partial charge in [-0.05, 0) is 48.7 Å². The van der Waals surface area contributed by atoms with E-state index >= 15 is 0 Å². The van der Waals surface area contributed by atoms with Crippen LogP contribution in [0, 0.1) is 6.92 Å². The first-order chi connectivity index (χ1) is 13.1. The highest BCUT2D eigenvalue weighted by Gasteiger charge is 2.25. The first-order valence-corrected chi connectivity index (χ1v) is 9.53. The van der Waals surface area contributed by atoms with Crippen LogP contribution in [0.25, 0.3) is 0 Å². The van der Waals surface area contributed by atoms with Crippen LogP contribution in [-0.4, -0.2) is 54.4 Å². The number of amides is 2. The third-order valence-corrected chi connectivity index (χ3v) is 5.38. The van der Waals surface area contributed by atoms with Crippen molar-refractivity contribution in [3.63, 3.8) is 0 Å². The van der Waals surface area contributed by atoms with E-state index in [1.54, 1.807) is 0 Å². The minimum absolute atomic E-state index is 0.0369. The highest BCUT2D eigenvalue weighted by molar-refractivity contribution is 5.96. The zero-order valence-electron chi connectivity index (χ0n) is 15.6. The number of hydrogen-bond donors (Lipinski definition) is 0. The van der Waals surface area contributed by atoms with Crippen LogP contribution in [0.3, 0.4) is 0 Å². The molecule has 4 rings (SSSR count). The predicted molar refractivity (Wildman–Crippen MR) is 103 cm³/mol.